The highest BCUT2D eigenvalue weighted by Crippen LogP contribution is 2.34. The van der Waals surface area contributed by atoms with Crippen molar-refractivity contribution in [3.8, 4) is 17.3 Å². The normalized spacial score (nSPS) is 16.3. The topological polar surface area (TPSA) is 87.5 Å². The van der Waals surface area contributed by atoms with Crippen molar-refractivity contribution in [2.75, 3.05) is 31.6 Å². The minimum absolute atomic E-state index is 0.0696. The Morgan fingerprint density at radius 3 is 2.97 bits per heavy atom. The SMILES string of the molecule is COc1ccc2c(CC(=O)N3CCN(c4scnc4-c4nc5ccccc5[nH]4)C[C@H]3C)coc2c1. The van der Waals surface area contributed by atoms with Gasteiger partial charge in [0.25, 0.3) is 0 Å². The van der Waals surface area contributed by atoms with Gasteiger partial charge in [0.1, 0.15) is 22.0 Å². The molecule has 8 nitrogen and oxygen atoms in total. The Hall–Kier alpha value is -3.85. The molecule has 2 aromatic carbocycles. The second-order valence-electron chi connectivity index (χ2n) is 8.79. The molecule has 0 aliphatic carbocycles. The Labute approximate surface area is 206 Å². The van der Waals surface area contributed by atoms with Gasteiger partial charge < -0.3 is 23.9 Å². The number of aromatic nitrogens is 3. The summed E-state index contributed by atoms with van der Waals surface area (Å²) in [6, 6.07) is 13.7. The van der Waals surface area contributed by atoms with Crippen LogP contribution in [-0.2, 0) is 11.2 Å². The van der Waals surface area contributed by atoms with Crippen LogP contribution in [0.5, 0.6) is 5.75 Å². The molecule has 1 aliphatic heterocycles. The van der Waals surface area contributed by atoms with E-state index in [1.165, 1.54) is 0 Å². The van der Waals surface area contributed by atoms with E-state index in [9.17, 15) is 4.79 Å². The molecule has 1 aliphatic rings. The molecule has 9 heteroatoms. The number of aromatic amines is 1. The van der Waals surface area contributed by atoms with E-state index in [1.807, 2.05) is 52.9 Å². The molecule has 178 valence electrons. The van der Waals surface area contributed by atoms with Crippen LogP contribution in [0.15, 0.2) is 58.7 Å². The molecule has 1 N–H and O–H groups in total. The number of furan rings is 1. The number of imidazole rings is 1. The zero-order chi connectivity index (χ0) is 23.9. The van der Waals surface area contributed by atoms with E-state index in [4.69, 9.17) is 14.1 Å². The van der Waals surface area contributed by atoms with Gasteiger partial charge in [-0.2, -0.15) is 0 Å². The molecular formula is C26H25N5O3S. The van der Waals surface area contributed by atoms with E-state index in [1.54, 1.807) is 24.7 Å². The quantitative estimate of drug-likeness (QED) is 0.386. The van der Waals surface area contributed by atoms with Crippen LogP contribution in [0.1, 0.15) is 12.5 Å². The average Bonchev–Trinajstić information content (AvgIpc) is 3.61. The number of carbonyl (C=O) groups excluding carboxylic acids is 1. The van der Waals surface area contributed by atoms with Gasteiger partial charge in [-0.15, -0.1) is 11.3 Å². The van der Waals surface area contributed by atoms with Crippen molar-refractivity contribution in [2.45, 2.75) is 19.4 Å². The Morgan fingerprint density at radius 1 is 1.26 bits per heavy atom. The Kier molecular flexibility index (Phi) is 5.41. The minimum atomic E-state index is 0.0696. The maximum atomic E-state index is 13.2. The van der Waals surface area contributed by atoms with E-state index >= 15 is 0 Å². The zero-order valence-electron chi connectivity index (χ0n) is 19.5. The highest BCUT2D eigenvalue weighted by atomic mass is 32.1. The van der Waals surface area contributed by atoms with Crippen molar-refractivity contribution < 1.29 is 13.9 Å². The number of anilines is 1. The molecular weight excluding hydrogens is 462 g/mol. The van der Waals surface area contributed by atoms with Crippen molar-refractivity contribution >= 4 is 44.2 Å². The summed E-state index contributed by atoms with van der Waals surface area (Å²) in [5.41, 5.74) is 6.27. The molecule has 0 bridgehead atoms. The van der Waals surface area contributed by atoms with Crippen molar-refractivity contribution in [2.24, 2.45) is 0 Å². The van der Waals surface area contributed by atoms with Gasteiger partial charge in [-0.25, -0.2) is 9.97 Å². The maximum Gasteiger partial charge on any atom is 0.227 e. The standard InChI is InChI=1S/C26H25N5O3S/c1-16-13-30(26-24(27-15-35-26)25-28-20-5-3-4-6-21(20)29-25)9-10-31(16)23(32)11-17-14-34-22-12-18(33-2)7-8-19(17)22/h3-8,12,14-16H,9-11,13H2,1-2H3,(H,28,29)/t16-/m1/s1. The van der Waals surface area contributed by atoms with Gasteiger partial charge >= 0.3 is 0 Å². The molecule has 0 saturated carbocycles. The predicted molar refractivity (Wildman–Crippen MR) is 137 cm³/mol. The number of para-hydroxylation sites is 2. The second kappa shape index (κ2) is 8.74. The number of piperazine rings is 1. The number of nitrogens with one attached hydrogen (secondary N) is 1. The third kappa shape index (κ3) is 3.91. The number of benzene rings is 2. The molecule has 1 fully saturated rings. The highest BCUT2D eigenvalue weighted by Gasteiger charge is 2.30. The summed E-state index contributed by atoms with van der Waals surface area (Å²) in [6.07, 6.45) is 1.99. The molecule has 0 radical (unpaired) electrons. The Balaban J connectivity index is 1.17. The van der Waals surface area contributed by atoms with E-state index in [0.717, 1.165) is 62.9 Å². The fraction of sp³-hybridized carbons (Fsp3) is 0.269. The van der Waals surface area contributed by atoms with E-state index in [0.29, 0.717) is 13.0 Å². The van der Waals surface area contributed by atoms with Gasteiger partial charge in [-0.05, 0) is 31.2 Å². The van der Waals surface area contributed by atoms with Gasteiger partial charge in [0, 0.05) is 42.7 Å². The number of fused-ring (bicyclic) bond motifs is 2. The van der Waals surface area contributed by atoms with Crippen molar-refractivity contribution in [1.29, 1.82) is 0 Å². The van der Waals surface area contributed by atoms with Crippen LogP contribution in [0.4, 0.5) is 5.00 Å². The van der Waals surface area contributed by atoms with Crippen LogP contribution >= 0.6 is 11.3 Å². The molecule has 0 unspecified atom stereocenters. The Bertz CT molecular complexity index is 1490. The minimum Gasteiger partial charge on any atom is -0.497 e. The first-order chi connectivity index (χ1) is 17.1. The lowest BCUT2D eigenvalue weighted by Gasteiger charge is -2.40. The van der Waals surface area contributed by atoms with Crippen LogP contribution in [0.3, 0.4) is 0 Å². The molecule has 1 atom stereocenters. The van der Waals surface area contributed by atoms with Crippen molar-refractivity contribution in [1.82, 2.24) is 19.9 Å². The van der Waals surface area contributed by atoms with E-state index in [-0.39, 0.29) is 11.9 Å². The van der Waals surface area contributed by atoms with E-state index < -0.39 is 0 Å². The Morgan fingerprint density at radius 2 is 2.14 bits per heavy atom. The fourth-order valence-electron chi connectivity index (χ4n) is 4.80. The van der Waals surface area contributed by atoms with Crippen LogP contribution in [0.25, 0.3) is 33.5 Å². The van der Waals surface area contributed by atoms with Gasteiger partial charge in [0.2, 0.25) is 5.91 Å². The third-order valence-electron chi connectivity index (χ3n) is 6.60. The monoisotopic (exact) mass is 487 g/mol. The highest BCUT2D eigenvalue weighted by molar-refractivity contribution is 7.14. The van der Waals surface area contributed by atoms with Crippen molar-refractivity contribution in [3.05, 3.63) is 59.8 Å². The largest absolute Gasteiger partial charge is 0.497 e. The summed E-state index contributed by atoms with van der Waals surface area (Å²) < 4.78 is 10.9. The van der Waals surface area contributed by atoms with Crippen molar-refractivity contribution in [3.63, 3.8) is 0 Å². The summed E-state index contributed by atoms with van der Waals surface area (Å²) in [5.74, 6) is 1.62. The van der Waals surface area contributed by atoms with Gasteiger partial charge in [-0.3, -0.25) is 4.79 Å². The number of carbonyl (C=O) groups is 1. The molecule has 6 rings (SSSR count). The summed E-state index contributed by atoms with van der Waals surface area (Å²) in [6.45, 7) is 4.24. The number of methoxy groups -OCH3 is 1. The molecule has 35 heavy (non-hydrogen) atoms. The molecule has 4 heterocycles. The summed E-state index contributed by atoms with van der Waals surface area (Å²) in [5, 5.41) is 2.03. The molecule has 5 aromatic rings. The fourth-order valence-corrected chi connectivity index (χ4v) is 5.63. The predicted octanol–water partition coefficient (Wildman–Crippen LogP) is 4.72. The van der Waals surface area contributed by atoms with Crippen LogP contribution < -0.4 is 9.64 Å². The number of nitrogens with zero attached hydrogens (tertiary/aromatic N) is 4. The smallest absolute Gasteiger partial charge is 0.227 e. The number of H-pyrrole nitrogens is 1. The number of thiazole rings is 1. The third-order valence-corrected chi connectivity index (χ3v) is 7.49. The summed E-state index contributed by atoms with van der Waals surface area (Å²) in [4.78, 5) is 30.3. The lowest BCUT2D eigenvalue weighted by Crippen LogP contribution is -2.54. The first kappa shape index (κ1) is 21.7. The maximum absolute atomic E-state index is 13.2. The summed E-state index contributed by atoms with van der Waals surface area (Å²) in [7, 11) is 1.63. The molecule has 0 spiro atoms. The van der Waals surface area contributed by atoms with Gasteiger partial charge in [0.15, 0.2) is 5.82 Å². The zero-order valence-corrected chi connectivity index (χ0v) is 20.3. The molecule has 1 amide bonds. The number of hydrogen-bond acceptors (Lipinski definition) is 7. The first-order valence-corrected chi connectivity index (χ1v) is 12.5. The number of amides is 1. The van der Waals surface area contributed by atoms with Crippen LogP contribution in [0, 0.1) is 0 Å². The van der Waals surface area contributed by atoms with Gasteiger partial charge in [-0.1, -0.05) is 12.1 Å². The summed E-state index contributed by atoms with van der Waals surface area (Å²) >= 11 is 1.61. The number of rotatable bonds is 5. The van der Waals surface area contributed by atoms with E-state index in [2.05, 4.69) is 21.8 Å². The molecule has 3 aromatic heterocycles. The molecule has 1 saturated heterocycles. The van der Waals surface area contributed by atoms with Gasteiger partial charge in [0.05, 0.1) is 36.3 Å². The number of hydrogen-bond donors (Lipinski definition) is 1. The lowest BCUT2D eigenvalue weighted by molar-refractivity contribution is -0.132. The number of ether oxygens (including phenoxy) is 1. The lowest BCUT2D eigenvalue weighted by atomic mass is 10.1. The first-order valence-electron chi connectivity index (χ1n) is 11.6. The average molecular weight is 488 g/mol. The van der Waals surface area contributed by atoms with Crippen LogP contribution in [0.2, 0.25) is 0 Å². The van der Waals surface area contributed by atoms with Crippen LogP contribution in [-0.4, -0.2) is 58.5 Å². The second-order valence-corrected chi connectivity index (χ2v) is 9.62.